The van der Waals surface area contributed by atoms with Gasteiger partial charge >= 0.3 is 5.97 Å². The molecule has 2 heterocycles. The van der Waals surface area contributed by atoms with Crippen molar-refractivity contribution in [1.82, 2.24) is 10.2 Å². The predicted molar refractivity (Wildman–Crippen MR) is 72.4 cm³/mol. The molecular formula is C12H17N3O2S. The van der Waals surface area contributed by atoms with Crippen LogP contribution < -0.4 is 5.32 Å². The molecular weight excluding hydrogens is 250 g/mol. The van der Waals surface area contributed by atoms with Gasteiger partial charge in [-0.3, -0.25) is 0 Å². The van der Waals surface area contributed by atoms with E-state index in [9.17, 15) is 9.90 Å². The summed E-state index contributed by atoms with van der Waals surface area (Å²) >= 11 is 1.94. The Balaban J connectivity index is 2.16. The Labute approximate surface area is 110 Å². The molecule has 1 aliphatic rings. The molecule has 1 aliphatic heterocycles. The topological polar surface area (TPSA) is 75.1 Å². The zero-order chi connectivity index (χ0) is 13.1. The smallest absolute Gasteiger partial charge is 0.339 e. The van der Waals surface area contributed by atoms with Crippen LogP contribution in [-0.2, 0) is 0 Å². The minimum Gasteiger partial charge on any atom is -0.478 e. The van der Waals surface area contributed by atoms with Crippen LogP contribution in [0.3, 0.4) is 0 Å². The van der Waals surface area contributed by atoms with Crippen molar-refractivity contribution >= 4 is 23.5 Å². The Kier molecular flexibility index (Phi) is 4.06. The highest BCUT2D eigenvalue weighted by Crippen LogP contribution is 2.24. The van der Waals surface area contributed by atoms with Gasteiger partial charge in [0.05, 0.1) is 5.69 Å². The van der Waals surface area contributed by atoms with E-state index in [0.29, 0.717) is 23.0 Å². The van der Waals surface area contributed by atoms with E-state index >= 15 is 0 Å². The van der Waals surface area contributed by atoms with Crippen molar-refractivity contribution in [3.05, 3.63) is 16.8 Å². The van der Waals surface area contributed by atoms with Crippen LogP contribution in [0.4, 0.5) is 5.82 Å². The molecule has 98 valence electrons. The van der Waals surface area contributed by atoms with Crippen LogP contribution in [0, 0.1) is 19.8 Å². The number of hydrogen-bond donors (Lipinski definition) is 2. The van der Waals surface area contributed by atoms with Crippen LogP contribution >= 0.6 is 11.8 Å². The number of hydrogen-bond acceptors (Lipinski definition) is 5. The maximum atomic E-state index is 11.3. The lowest BCUT2D eigenvalue weighted by atomic mass is 10.1. The number of carbonyl (C=O) groups is 1. The first-order valence-corrected chi connectivity index (χ1v) is 7.14. The summed E-state index contributed by atoms with van der Waals surface area (Å²) in [6.07, 6.45) is 1.18. The molecule has 0 amide bonds. The quantitative estimate of drug-likeness (QED) is 0.868. The molecule has 5 nitrogen and oxygen atoms in total. The number of nitrogens with one attached hydrogen (secondary N) is 1. The molecule has 0 spiro atoms. The number of rotatable bonds is 4. The van der Waals surface area contributed by atoms with Gasteiger partial charge in [0.15, 0.2) is 5.82 Å². The van der Waals surface area contributed by atoms with Crippen LogP contribution in [0.2, 0.25) is 0 Å². The van der Waals surface area contributed by atoms with Gasteiger partial charge in [0, 0.05) is 6.54 Å². The molecule has 1 aromatic rings. The van der Waals surface area contributed by atoms with E-state index in [1.165, 1.54) is 12.2 Å². The molecule has 1 atom stereocenters. The van der Waals surface area contributed by atoms with Crippen LogP contribution in [0.15, 0.2) is 0 Å². The van der Waals surface area contributed by atoms with Gasteiger partial charge in [-0.1, -0.05) is 0 Å². The Morgan fingerprint density at radius 3 is 2.89 bits per heavy atom. The van der Waals surface area contributed by atoms with E-state index in [1.807, 2.05) is 11.8 Å². The minimum atomic E-state index is -0.950. The molecule has 1 fully saturated rings. The Hall–Kier alpha value is -1.30. The third-order valence-electron chi connectivity index (χ3n) is 3.25. The lowest BCUT2D eigenvalue weighted by molar-refractivity contribution is 0.0696. The summed E-state index contributed by atoms with van der Waals surface area (Å²) in [6, 6.07) is 0. The van der Waals surface area contributed by atoms with Crippen molar-refractivity contribution in [3.8, 4) is 0 Å². The summed E-state index contributed by atoms with van der Waals surface area (Å²) < 4.78 is 0. The number of aryl methyl sites for hydroxylation is 1. The van der Waals surface area contributed by atoms with Crippen LogP contribution in [0.5, 0.6) is 0 Å². The molecule has 6 heteroatoms. The molecule has 2 rings (SSSR count). The molecule has 1 unspecified atom stereocenters. The number of aromatic carboxylic acids is 1. The highest BCUT2D eigenvalue weighted by atomic mass is 32.2. The Morgan fingerprint density at radius 2 is 2.28 bits per heavy atom. The van der Waals surface area contributed by atoms with Crippen molar-refractivity contribution in [2.45, 2.75) is 20.3 Å². The first kappa shape index (κ1) is 13.1. The number of nitrogens with zero attached hydrogens (tertiary/aromatic N) is 2. The van der Waals surface area contributed by atoms with Gasteiger partial charge in [-0.05, 0) is 43.3 Å². The largest absolute Gasteiger partial charge is 0.478 e. The van der Waals surface area contributed by atoms with E-state index in [4.69, 9.17) is 0 Å². The molecule has 18 heavy (non-hydrogen) atoms. The second-order valence-electron chi connectivity index (χ2n) is 4.55. The lowest BCUT2D eigenvalue weighted by Crippen LogP contribution is -2.18. The average Bonchev–Trinajstić information content (AvgIpc) is 2.83. The Morgan fingerprint density at radius 1 is 1.50 bits per heavy atom. The van der Waals surface area contributed by atoms with E-state index in [0.717, 1.165) is 12.3 Å². The van der Waals surface area contributed by atoms with Crippen molar-refractivity contribution < 1.29 is 9.90 Å². The SMILES string of the molecule is Cc1nnc(NCC2CCSC2)c(C(=O)O)c1C. The monoisotopic (exact) mass is 267 g/mol. The minimum absolute atomic E-state index is 0.244. The fourth-order valence-corrected chi connectivity index (χ4v) is 3.26. The normalized spacial score (nSPS) is 18.9. The number of carboxylic acids is 1. The van der Waals surface area contributed by atoms with Crippen molar-refractivity contribution in [2.75, 3.05) is 23.4 Å². The van der Waals surface area contributed by atoms with Crippen LogP contribution in [-0.4, -0.2) is 39.3 Å². The maximum absolute atomic E-state index is 11.3. The van der Waals surface area contributed by atoms with Crippen LogP contribution in [0.1, 0.15) is 28.0 Å². The molecule has 0 aliphatic carbocycles. The van der Waals surface area contributed by atoms with Gasteiger partial charge in [0.25, 0.3) is 0 Å². The van der Waals surface area contributed by atoms with Crippen LogP contribution in [0.25, 0.3) is 0 Å². The number of thioether (sulfide) groups is 1. The molecule has 0 bridgehead atoms. The molecule has 0 saturated carbocycles. The molecule has 1 aromatic heterocycles. The zero-order valence-electron chi connectivity index (χ0n) is 10.6. The summed E-state index contributed by atoms with van der Waals surface area (Å²) in [7, 11) is 0. The van der Waals surface area contributed by atoms with Crippen molar-refractivity contribution in [3.63, 3.8) is 0 Å². The highest BCUT2D eigenvalue weighted by Gasteiger charge is 2.20. The van der Waals surface area contributed by atoms with E-state index < -0.39 is 5.97 Å². The van der Waals surface area contributed by atoms with Gasteiger partial charge in [-0.2, -0.15) is 16.9 Å². The standard InChI is InChI=1S/C12H17N3O2S/c1-7-8(2)14-15-11(10(7)12(16)17)13-5-9-3-4-18-6-9/h9H,3-6H2,1-2H3,(H,13,15)(H,16,17). The maximum Gasteiger partial charge on any atom is 0.339 e. The summed E-state index contributed by atoms with van der Waals surface area (Å²) in [5, 5.41) is 20.3. The fraction of sp³-hybridized carbons (Fsp3) is 0.583. The number of carboxylic acid groups (broad SMARTS) is 1. The van der Waals surface area contributed by atoms with Gasteiger partial charge in [0.2, 0.25) is 0 Å². The zero-order valence-corrected chi connectivity index (χ0v) is 11.4. The number of anilines is 1. The summed E-state index contributed by atoms with van der Waals surface area (Å²) in [5.41, 5.74) is 1.59. The molecule has 0 aromatic carbocycles. The molecule has 0 radical (unpaired) electrons. The first-order valence-electron chi connectivity index (χ1n) is 5.98. The van der Waals surface area contributed by atoms with E-state index in [-0.39, 0.29) is 5.56 Å². The second-order valence-corrected chi connectivity index (χ2v) is 5.70. The summed E-state index contributed by atoms with van der Waals surface area (Å²) in [4.78, 5) is 11.3. The summed E-state index contributed by atoms with van der Waals surface area (Å²) in [6.45, 7) is 4.31. The number of aromatic nitrogens is 2. The lowest BCUT2D eigenvalue weighted by Gasteiger charge is -2.13. The third-order valence-corrected chi connectivity index (χ3v) is 4.48. The first-order chi connectivity index (χ1) is 8.59. The van der Waals surface area contributed by atoms with E-state index in [2.05, 4.69) is 15.5 Å². The fourth-order valence-electron chi connectivity index (χ4n) is 1.98. The highest BCUT2D eigenvalue weighted by molar-refractivity contribution is 7.99. The van der Waals surface area contributed by atoms with Gasteiger partial charge < -0.3 is 10.4 Å². The van der Waals surface area contributed by atoms with E-state index in [1.54, 1.807) is 13.8 Å². The van der Waals surface area contributed by atoms with Gasteiger partial charge in [-0.25, -0.2) is 4.79 Å². The molecule has 2 N–H and O–H groups in total. The third kappa shape index (κ3) is 2.75. The van der Waals surface area contributed by atoms with Gasteiger partial charge in [-0.15, -0.1) is 5.10 Å². The van der Waals surface area contributed by atoms with Crippen molar-refractivity contribution in [2.24, 2.45) is 5.92 Å². The van der Waals surface area contributed by atoms with Gasteiger partial charge in [0.1, 0.15) is 5.56 Å². The average molecular weight is 267 g/mol. The molecule has 1 saturated heterocycles. The van der Waals surface area contributed by atoms with Crippen molar-refractivity contribution in [1.29, 1.82) is 0 Å². The summed E-state index contributed by atoms with van der Waals surface area (Å²) in [5.74, 6) is 2.36. The second kappa shape index (κ2) is 5.56. The Bertz CT molecular complexity index is 459. The predicted octanol–water partition coefficient (Wildman–Crippen LogP) is 1.96.